The Morgan fingerprint density at radius 1 is 0.857 bits per heavy atom. The summed E-state index contributed by atoms with van der Waals surface area (Å²) < 4.78 is 1.53. The quantitative estimate of drug-likeness (QED) is 0.506. The van der Waals surface area contributed by atoms with Crippen molar-refractivity contribution in [3.63, 3.8) is 0 Å². The van der Waals surface area contributed by atoms with Gasteiger partial charge in [-0.1, -0.05) is 30.4 Å². The molecule has 2 N–H and O–H groups in total. The van der Waals surface area contributed by atoms with E-state index in [-0.39, 0.29) is 23.6 Å². The van der Waals surface area contributed by atoms with Crippen molar-refractivity contribution in [2.45, 2.75) is 18.3 Å². The van der Waals surface area contributed by atoms with Crippen molar-refractivity contribution < 1.29 is 10.2 Å². The molecule has 2 aliphatic rings. The van der Waals surface area contributed by atoms with Gasteiger partial charge < -0.3 is 10.2 Å². The van der Waals surface area contributed by atoms with Gasteiger partial charge in [0, 0.05) is 40.1 Å². The molecule has 2 aromatic heterocycles. The number of hydrogen-bond donors (Lipinski definition) is 2. The number of allylic oxidation sites excluding steroid dienone is 2. The number of para-hydroxylation sites is 1. The van der Waals surface area contributed by atoms with Gasteiger partial charge in [0.2, 0.25) is 11.8 Å². The molecule has 0 saturated carbocycles. The Hall–Kier alpha value is -3.60. The van der Waals surface area contributed by atoms with Gasteiger partial charge in [-0.2, -0.15) is 0 Å². The molecule has 5 heteroatoms. The predicted octanol–water partition coefficient (Wildman–Crippen LogP) is 4.64. The average molecular weight is 367 g/mol. The second kappa shape index (κ2) is 5.45. The third kappa shape index (κ3) is 2.01. The zero-order chi connectivity index (χ0) is 18.8. The molecular weight excluding hydrogens is 350 g/mol. The number of rotatable bonds is 2. The van der Waals surface area contributed by atoms with Crippen LogP contribution in [0.15, 0.2) is 66.9 Å². The topological polar surface area (TPSA) is 71.2 Å². The summed E-state index contributed by atoms with van der Waals surface area (Å²) in [4.78, 5) is 9.09. The highest BCUT2D eigenvalue weighted by Crippen LogP contribution is 2.57. The van der Waals surface area contributed by atoms with Crippen molar-refractivity contribution in [2.75, 3.05) is 0 Å². The SMILES string of the molecule is Oc1c2c(c(O)n1-c1ccc(-c3ncc4ccccc4n3)cc1)[C@H]1C=CC2C1. The highest BCUT2D eigenvalue weighted by atomic mass is 16.3. The maximum Gasteiger partial charge on any atom is 0.202 e. The molecule has 136 valence electrons. The van der Waals surface area contributed by atoms with Gasteiger partial charge in [-0.3, -0.25) is 4.57 Å². The molecule has 2 atom stereocenters. The maximum absolute atomic E-state index is 10.8. The molecular formula is C23H17N3O2. The summed E-state index contributed by atoms with van der Waals surface area (Å²) in [6, 6.07) is 15.5. The lowest BCUT2D eigenvalue weighted by atomic mass is 10.0. The van der Waals surface area contributed by atoms with Gasteiger partial charge in [0.15, 0.2) is 5.82 Å². The van der Waals surface area contributed by atoms with Crippen molar-refractivity contribution >= 4 is 10.9 Å². The van der Waals surface area contributed by atoms with E-state index in [1.165, 1.54) is 4.57 Å². The number of aromatic nitrogens is 3. The molecule has 6 rings (SSSR count). The van der Waals surface area contributed by atoms with E-state index >= 15 is 0 Å². The summed E-state index contributed by atoms with van der Waals surface area (Å²) in [7, 11) is 0. The van der Waals surface area contributed by atoms with E-state index in [0.717, 1.165) is 34.0 Å². The first kappa shape index (κ1) is 15.5. The molecule has 5 nitrogen and oxygen atoms in total. The number of aromatic hydroxyl groups is 2. The molecule has 0 aliphatic heterocycles. The van der Waals surface area contributed by atoms with E-state index in [4.69, 9.17) is 0 Å². The van der Waals surface area contributed by atoms with Crippen LogP contribution in [0.25, 0.3) is 28.0 Å². The third-order valence-corrected chi connectivity index (χ3v) is 5.89. The van der Waals surface area contributed by atoms with E-state index in [1.54, 1.807) is 0 Å². The van der Waals surface area contributed by atoms with Crippen LogP contribution < -0.4 is 0 Å². The zero-order valence-electron chi connectivity index (χ0n) is 14.9. The molecule has 2 bridgehead atoms. The highest BCUT2D eigenvalue weighted by molar-refractivity contribution is 5.79. The van der Waals surface area contributed by atoms with E-state index < -0.39 is 0 Å². The smallest absolute Gasteiger partial charge is 0.202 e. The first-order valence-electron chi connectivity index (χ1n) is 9.38. The normalized spacial score (nSPS) is 19.4. The van der Waals surface area contributed by atoms with Crippen LogP contribution in [0.5, 0.6) is 11.8 Å². The van der Waals surface area contributed by atoms with Crippen LogP contribution in [-0.2, 0) is 0 Å². The predicted molar refractivity (Wildman–Crippen MR) is 107 cm³/mol. The number of hydrogen-bond acceptors (Lipinski definition) is 4. The van der Waals surface area contributed by atoms with Crippen LogP contribution in [0.3, 0.4) is 0 Å². The molecule has 2 aromatic carbocycles. The number of fused-ring (bicyclic) bond motifs is 6. The van der Waals surface area contributed by atoms with Crippen molar-refractivity contribution in [3.05, 3.63) is 78.0 Å². The van der Waals surface area contributed by atoms with Crippen molar-refractivity contribution in [1.82, 2.24) is 14.5 Å². The van der Waals surface area contributed by atoms with Gasteiger partial charge in [-0.25, -0.2) is 9.97 Å². The minimum Gasteiger partial charge on any atom is -0.494 e. The molecule has 0 saturated heterocycles. The average Bonchev–Trinajstić information content (AvgIpc) is 3.42. The third-order valence-electron chi connectivity index (χ3n) is 5.89. The van der Waals surface area contributed by atoms with Crippen LogP contribution in [0, 0.1) is 0 Å². The minimum absolute atomic E-state index is 0.138. The van der Waals surface area contributed by atoms with Gasteiger partial charge in [-0.15, -0.1) is 0 Å². The second-order valence-electron chi connectivity index (χ2n) is 7.44. The van der Waals surface area contributed by atoms with Crippen LogP contribution in [0.2, 0.25) is 0 Å². The molecule has 0 fully saturated rings. The Balaban J connectivity index is 1.41. The lowest BCUT2D eigenvalue weighted by molar-refractivity contribution is 0.395. The summed E-state index contributed by atoms with van der Waals surface area (Å²) in [6.45, 7) is 0. The Labute approximate surface area is 161 Å². The van der Waals surface area contributed by atoms with Gasteiger partial charge in [0.25, 0.3) is 0 Å². The molecule has 2 heterocycles. The molecule has 0 spiro atoms. The molecule has 2 aliphatic carbocycles. The van der Waals surface area contributed by atoms with Crippen molar-refractivity contribution in [2.24, 2.45) is 0 Å². The Kier molecular flexibility index (Phi) is 3.01. The summed E-state index contributed by atoms with van der Waals surface area (Å²) >= 11 is 0. The molecule has 1 unspecified atom stereocenters. The Morgan fingerprint density at radius 2 is 1.54 bits per heavy atom. The molecule has 0 radical (unpaired) electrons. The lowest BCUT2D eigenvalue weighted by Crippen LogP contribution is -1.96. The largest absolute Gasteiger partial charge is 0.494 e. The van der Waals surface area contributed by atoms with Crippen LogP contribution >= 0.6 is 0 Å². The van der Waals surface area contributed by atoms with Gasteiger partial charge in [0.05, 0.1) is 11.2 Å². The number of benzene rings is 2. The van der Waals surface area contributed by atoms with E-state index in [9.17, 15) is 10.2 Å². The van der Waals surface area contributed by atoms with E-state index in [2.05, 4.69) is 22.1 Å². The highest BCUT2D eigenvalue weighted by Gasteiger charge is 2.41. The second-order valence-corrected chi connectivity index (χ2v) is 7.44. The summed E-state index contributed by atoms with van der Waals surface area (Å²) in [5, 5.41) is 22.5. The van der Waals surface area contributed by atoms with Crippen molar-refractivity contribution in [1.29, 1.82) is 0 Å². The summed E-state index contributed by atoms with van der Waals surface area (Å²) in [5.41, 5.74) is 4.24. The number of nitrogens with zero attached hydrogens (tertiary/aromatic N) is 3. The first-order chi connectivity index (χ1) is 13.7. The monoisotopic (exact) mass is 367 g/mol. The summed E-state index contributed by atoms with van der Waals surface area (Å²) in [5.74, 6) is 1.34. The van der Waals surface area contributed by atoms with Crippen molar-refractivity contribution in [3.8, 4) is 28.8 Å². The standard InChI is InChI=1S/C23H17N3O2/c27-22-19-14-5-6-15(11-14)20(19)23(28)26(22)17-9-7-13(8-10-17)21-24-12-16-3-1-2-4-18(16)25-21/h1-10,12,14-15,27-28H,11H2/t14-,15?/m0/s1. The molecule has 0 amide bonds. The Morgan fingerprint density at radius 3 is 2.25 bits per heavy atom. The fraction of sp³-hybridized carbons (Fsp3) is 0.130. The van der Waals surface area contributed by atoms with Gasteiger partial charge in [-0.05, 0) is 36.8 Å². The van der Waals surface area contributed by atoms with E-state index in [0.29, 0.717) is 11.5 Å². The maximum atomic E-state index is 10.8. The fourth-order valence-corrected chi connectivity index (χ4v) is 4.56. The van der Waals surface area contributed by atoms with Crippen LogP contribution in [0.1, 0.15) is 29.4 Å². The van der Waals surface area contributed by atoms with Crippen LogP contribution in [0.4, 0.5) is 0 Å². The summed E-state index contributed by atoms with van der Waals surface area (Å²) in [6.07, 6.45) is 7.01. The molecule has 28 heavy (non-hydrogen) atoms. The zero-order valence-corrected chi connectivity index (χ0v) is 14.9. The van der Waals surface area contributed by atoms with Gasteiger partial charge in [0.1, 0.15) is 0 Å². The Bertz CT molecular complexity index is 1240. The minimum atomic E-state index is 0.138. The lowest BCUT2D eigenvalue weighted by Gasteiger charge is -2.10. The first-order valence-corrected chi connectivity index (χ1v) is 9.38. The fourth-order valence-electron chi connectivity index (χ4n) is 4.56. The van der Waals surface area contributed by atoms with Crippen LogP contribution in [-0.4, -0.2) is 24.7 Å². The molecule has 4 aromatic rings. The van der Waals surface area contributed by atoms with E-state index in [1.807, 2.05) is 54.7 Å². The van der Waals surface area contributed by atoms with Gasteiger partial charge >= 0.3 is 0 Å².